The third-order valence-corrected chi connectivity index (χ3v) is 4.52. The van der Waals surface area contributed by atoms with Crippen LogP contribution < -0.4 is 14.8 Å². The first-order valence-corrected chi connectivity index (χ1v) is 8.13. The molecule has 4 nitrogen and oxygen atoms in total. The lowest BCUT2D eigenvalue weighted by atomic mass is 9.81. The predicted molar refractivity (Wildman–Crippen MR) is 97.5 cm³/mol. The Morgan fingerprint density at radius 3 is 2.68 bits per heavy atom. The van der Waals surface area contributed by atoms with Crippen molar-refractivity contribution in [2.75, 3.05) is 26.8 Å². The number of hydrogen-bond donors (Lipinski definition) is 2. The van der Waals surface area contributed by atoms with Crippen molar-refractivity contribution in [2.45, 2.75) is 12.3 Å². The van der Waals surface area contributed by atoms with Crippen LogP contribution in [-0.2, 0) is 0 Å². The molecule has 2 N–H and O–H groups in total. The molecule has 0 aromatic heterocycles. The van der Waals surface area contributed by atoms with Crippen LogP contribution in [0.15, 0.2) is 42.5 Å². The standard InChI is InChI=1S/C19H22FNO3.ClH/c1-23-19-10-16(6-7-18(19)22)24-12-14-11-21-9-8-17(14)13-2-4-15(20)5-3-13;/h2-7,10,14,17,21-22H,8-9,11-12H2,1H3;1H/t14-,17-;/m1./s1. The molecule has 0 spiro atoms. The van der Waals surface area contributed by atoms with Gasteiger partial charge in [-0.15, -0.1) is 12.4 Å². The second-order valence-corrected chi connectivity index (χ2v) is 6.06. The van der Waals surface area contributed by atoms with E-state index in [-0.39, 0.29) is 24.0 Å². The fourth-order valence-electron chi connectivity index (χ4n) is 3.20. The average Bonchev–Trinajstić information content (AvgIpc) is 2.62. The van der Waals surface area contributed by atoms with Gasteiger partial charge in [-0.1, -0.05) is 12.1 Å². The number of piperidine rings is 1. The summed E-state index contributed by atoms with van der Waals surface area (Å²) in [6, 6.07) is 11.7. The van der Waals surface area contributed by atoms with Gasteiger partial charge in [0.25, 0.3) is 0 Å². The molecule has 0 aliphatic carbocycles. The van der Waals surface area contributed by atoms with Crippen LogP contribution in [0.5, 0.6) is 17.2 Å². The number of benzene rings is 2. The molecule has 0 bridgehead atoms. The number of ether oxygens (including phenoxy) is 2. The summed E-state index contributed by atoms with van der Waals surface area (Å²) in [5.41, 5.74) is 1.15. The maximum absolute atomic E-state index is 13.2. The summed E-state index contributed by atoms with van der Waals surface area (Å²) < 4.78 is 24.2. The van der Waals surface area contributed by atoms with E-state index in [2.05, 4.69) is 5.32 Å². The van der Waals surface area contributed by atoms with E-state index in [1.807, 2.05) is 12.1 Å². The zero-order chi connectivity index (χ0) is 16.9. The normalized spacial score (nSPS) is 19.8. The molecule has 0 unspecified atom stereocenters. The topological polar surface area (TPSA) is 50.7 Å². The lowest BCUT2D eigenvalue weighted by Gasteiger charge is -2.32. The summed E-state index contributed by atoms with van der Waals surface area (Å²) in [7, 11) is 1.51. The lowest BCUT2D eigenvalue weighted by Crippen LogP contribution is -2.38. The molecule has 0 amide bonds. The minimum absolute atomic E-state index is 0. The molecule has 0 radical (unpaired) electrons. The average molecular weight is 368 g/mol. The minimum Gasteiger partial charge on any atom is -0.504 e. The summed E-state index contributed by atoms with van der Waals surface area (Å²) in [4.78, 5) is 0. The minimum atomic E-state index is -0.211. The molecule has 2 aromatic carbocycles. The van der Waals surface area contributed by atoms with Gasteiger partial charge in [-0.3, -0.25) is 0 Å². The highest BCUT2D eigenvalue weighted by Crippen LogP contribution is 2.33. The fourth-order valence-corrected chi connectivity index (χ4v) is 3.20. The number of rotatable bonds is 5. The number of hydrogen-bond acceptors (Lipinski definition) is 4. The van der Waals surface area contributed by atoms with Crippen molar-refractivity contribution in [1.82, 2.24) is 5.32 Å². The third kappa shape index (κ3) is 4.77. The smallest absolute Gasteiger partial charge is 0.164 e. The Kier molecular flexibility index (Phi) is 6.91. The van der Waals surface area contributed by atoms with Gasteiger partial charge in [-0.05, 0) is 48.7 Å². The van der Waals surface area contributed by atoms with Crippen LogP contribution in [0.4, 0.5) is 4.39 Å². The fraction of sp³-hybridized carbons (Fsp3) is 0.368. The molecule has 25 heavy (non-hydrogen) atoms. The first kappa shape index (κ1) is 19.3. The number of phenolic OH excluding ortho intramolecular Hbond substituents is 1. The van der Waals surface area contributed by atoms with Gasteiger partial charge in [0.2, 0.25) is 0 Å². The molecule has 1 heterocycles. The third-order valence-electron chi connectivity index (χ3n) is 4.52. The van der Waals surface area contributed by atoms with Crippen molar-refractivity contribution in [3.63, 3.8) is 0 Å². The molecule has 1 aliphatic heterocycles. The van der Waals surface area contributed by atoms with Crippen molar-refractivity contribution >= 4 is 12.4 Å². The molecule has 1 saturated heterocycles. The van der Waals surface area contributed by atoms with E-state index in [9.17, 15) is 9.50 Å². The molecule has 1 fully saturated rings. The zero-order valence-electron chi connectivity index (χ0n) is 14.1. The summed E-state index contributed by atoms with van der Waals surface area (Å²) in [5, 5.41) is 13.0. The van der Waals surface area contributed by atoms with Crippen LogP contribution in [0.3, 0.4) is 0 Å². The summed E-state index contributed by atoms with van der Waals surface area (Å²) in [6.45, 7) is 2.35. The van der Waals surface area contributed by atoms with E-state index < -0.39 is 0 Å². The largest absolute Gasteiger partial charge is 0.504 e. The zero-order valence-corrected chi connectivity index (χ0v) is 14.9. The maximum Gasteiger partial charge on any atom is 0.164 e. The summed E-state index contributed by atoms with van der Waals surface area (Å²) >= 11 is 0. The number of methoxy groups -OCH3 is 1. The molecule has 2 atom stereocenters. The Morgan fingerprint density at radius 1 is 1.20 bits per heavy atom. The van der Waals surface area contributed by atoms with Crippen LogP contribution in [-0.4, -0.2) is 31.9 Å². The Labute approximate surface area is 153 Å². The van der Waals surface area contributed by atoms with Crippen molar-refractivity contribution in [3.05, 3.63) is 53.8 Å². The Bertz CT molecular complexity index is 681. The Hall–Kier alpha value is -1.98. The molecule has 136 valence electrons. The van der Waals surface area contributed by atoms with Crippen LogP contribution in [0, 0.1) is 11.7 Å². The molecular weight excluding hydrogens is 345 g/mol. The van der Waals surface area contributed by atoms with Crippen LogP contribution >= 0.6 is 12.4 Å². The number of aromatic hydroxyl groups is 1. The highest BCUT2D eigenvalue weighted by molar-refractivity contribution is 5.85. The highest BCUT2D eigenvalue weighted by Gasteiger charge is 2.27. The van der Waals surface area contributed by atoms with Gasteiger partial charge >= 0.3 is 0 Å². The van der Waals surface area contributed by atoms with Crippen LogP contribution in [0.25, 0.3) is 0 Å². The second kappa shape index (κ2) is 8.92. The van der Waals surface area contributed by atoms with E-state index in [1.165, 1.54) is 19.2 Å². The van der Waals surface area contributed by atoms with Gasteiger partial charge in [0.1, 0.15) is 11.6 Å². The first-order chi connectivity index (χ1) is 11.7. The predicted octanol–water partition coefficient (Wildman–Crippen LogP) is 3.73. The lowest BCUT2D eigenvalue weighted by molar-refractivity contribution is 0.196. The summed E-state index contributed by atoms with van der Waals surface area (Å²) in [5.74, 6) is 1.57. The maximum atomic E-state index is 13.2. The number of phenols is 1. The molecule has 3 rings (SSSR count). The second-order valence-electron chi connectivity index (χ2n) is 6.06. The van der Waals surface area contributed by atoms with Crippen LogP contribution in [0.1, 0.15) is 17.9 Å². The van der Waals surface area contributed by atoms with Crippen molar-refractivity contribution in [3.8, 4) is 17.2 Å². The van der Waals surface area contributed by atoms with E-state index in [0.717, 1.165) is 25.1 Å². The first-order valence-electron chi connectivity index (χ1n) is 8.13. The van der Waals surface area contributed by atoms with E-state index in [0.29, 0.717) is 29.9 Å². The number of halogens is 2. The summed E-state index contributed by atoms with van der Waals surface area (Å²) in [6.07, 6.45) is 0.999. The van der Waals surface area contributed by atoms with Crippen LogP contribution in [0.2, 0.25) is 0 Å². The van der Waals surface area contributed by atoms with Gasteiger partial charge in [-0.25, -0.2) is 4.39 Å². The molecular formula is C19H23ClFNO3. The number of nitrogens with one attached hydrogen (secondary N) is 1. The molecule has 6 heteroatoms. The molecule has 2 aromatic rings. The van der Waals surface area contributed by atoms with E-state index >= 15 is 0 Å². The van der Waals surface area contributed by atoms with Gasteiger partial charge in [-0.2, -0.15) is 0 Å². The van der Waals surface area contributed by atoms with Crippen molar-refractivity contribution in [1.29, 1.82) is 0 Å². The van der Waals surface area contributed by atoms with Gasteiger partial charge in [0.15, 0.2) is 11.5 Å². The van der Waals surface area contributed by atoms with Gasteiger partial charge < -0.3 is 19.9 Å². The van der Waals surface area contributed by atoms with Crippen molar-refractivity contribution in [2.24, 2.45) is 5.92 Å². The highest BCUT2D eigenvalue weighted by atomic mass is 35.5. The molecule has 0 saturated carbocycles. The van der Waals surface area contributed by atoms with Crippen molar-refractivity contribution < 1.29 is 19.0 Å². The van der Waals surface area contributed by atoms with Gasteiger partial charge in [0, 0.05) is 18.5 Å². The molecule has 1 aliphatic rings. The Morgan fingerprint density at radius 2 is 1.96 bits per heavy atom. The van der Waals surface area contributed by atoms with E-state index in [4.69, 9.17) is 9.47 Å². The van der Waals surface area contributed by atoms with Gasteiger partial charge in [0.05, 0.1) is 13.7 Å². The SMILES string of the molecule is COc1cc(OC[C@H]2CNCC[C@@H]2c2ccc(F)cc2)ccc1O.Cl. The van der Waals surface area contributed by atoms with E-state index in [1.54, 1.807) is 18.2 Å². The monoisotopic (exact) mass is 367 g/mol. The Balaban J connectivity index is 0.00000225. The quantitative estimate of drug-likeness (QED) is 0.845.